The lowest BCUT2D eigenvalue weighted by molar-refractivity contribution is -0.142. The van der Waals surface area contributed by atoms with E-state index >= 15 is 0 Å². The lowest BCUT2D eigenvalue weighted by atomic mass is 9.82. The fourth-order valence-electron chi connectivity index (χ4n) is 4.80. The van der Waals surface area contributed by atoms with Crippen LogP contribution in [-0.4, -0.2) is 46.9 Å². The quantitative estimate of drug-likeness (QED) is 0.261. The lowest BCUT2D eigenvalue weighted by Crippen LogP contribution is -2.23. The number of terminal acetylenes is 1. The van der Waals surface area contributed by atoms with Crippen molar-refractivity contribution in [1.29, 1.82) is 0 Å². The van der Waals surface area contributed by atoms with Crippen LogP contribution in [0.1, 0.15) is 25.7 Å². The summed E-state index contributed by atoms with van der Waals surface area (Å²) in [6.45, 7) is 1.11. The second kappa shape index (κ2) is 12.7. The van der Waals surface area contributed by atoms with Gasteiger partial charge in [0.25, 0.3) is 0 Å². The molecule has 1 aliphatic carbocycles. The zero-order valence-electron chi connectivity index (χ0n) is 20.6. The Hall–Kier alpha value is -3.21. The van der Waals surface area contributed by atoms with Gasteiger partial charge in [0, 0.05) is 17.7 Å². The molecule has 2 aromatic carbocycles. The maximum atomic E-state index is 10.7. The summed E-state index contributed by atoms with van der Waals surface area (Å²) in [7, 11) is 1.68. The standard InChI is InChI=1S/C29H32N2O4S/c1-3-16-36-29-27(24-10-7-11-25(17-24)34-2)28(23-8-5-4-6-9-23)30-31(29)18-21-12-14-22(15-13-21)19-35-20-26(32)33/h1,4-11,17,21-22H,12-16,18-20H2,2H3,(H,32,33). The van der Waals surface area contributed by atoms with Crippen molar-refractivity contribution < 1.29 is 19.4 Å². The average Bonchev–Trinajstić information content (AvgIpc) is 3.26. The van der Waals surface area contributed by atoms with Gasteiger partial charge in [-0.3, -0.25) is 4.68 Å². The van der Waals surface area contributed by atoms with Gasteiger partial charge in [0.2, 0.25) is 0 Å². The van der Waals surface area contributed by atoms with Crippen LogP contribution in [0.2, 0.25) is 0 Å². The number of aliphatic carboxylic acids is 1. The molecule has 1 aromatic heterocycles. The fraction of sp³-hybridized carbons (Fsp3) is 0.379. The minimum Gasteiger partial charge on any atom is -0.497 e. The molecule has 1 N–H and O–H groups in total. The van der Waals surface area contributed by atoms with Gasteiger partial charge < -0.3 is 14.6 Å². The number of nitrogens with zero attached hydrogens (tertiary/aromatic N) is 2. The first-order chi connectivity index (χ1) is 17.6. The van der Waals surface area contributed by atoms with Crippen molar-refractivity contribution in [3.8, 4) is 40.5 Å². The van der Waals surface area contributed by atoms with E-state index in [0.717, 1.165) is 65.4 Å². The molecule has 0 atom stereocenters. The van der Waals surface area contributed by atoms with Crippen LogP contribution >= 0.6 is 11.8 Å². The topological polar surface area (TPSA) is 73.6 Å². The predicted octanol–water partition coefficient (Wildman–Crippen LogP) is 5.86. The molecule has 6 nitrogen and oxygen atoms in total. The number of hydrogen-bond acceptors (Lipinski definition) is 5. The van der Waals surface area contributed by atoms with Crippen molar-refractivity contribution in [3.63, 3.8) is 0 Å². The van der Waals surface area contributed by atoms with Gasteiger partial charge in [0.1, 0.15) is 23.1 Å². The van der Waals surface area contributed by atoms with Crippen LogP contribution in [0.25, 0.3) is 22.4 Å². The zero-order chi connectivity index (χ0) is 25.3. The summed E-state index contributed by atoms with van der Waals surface area (Å²) >= 11 is 1.65. The molecule has 7 heteroatoms. The SMILES string of the molecule is C#CCSc1c(-c2cccc(OC)c2)c(-c2ccccc2)nn1CC1CCC(COCC(=O)O)CC1. The van der Waals surface area contributed by atoms with Gasteiger partial charge in [-0.15, -0.1) is 6.42 Å². The fourth-order valence-corrected chi connectivity index (χ4v) is 5.65. The Morgan fingerprint density at radius 1 is 1.11 bits per heavy atom. The Morgan fingerprint density at radius 2 is 1.83 bits per heavy atom. The molecule has 1 heterocycles. The second-order valence-electron chi connectivity index (χ2n) is 9.10. The smallest absolute Gasteiger partial charge is 0.329 e. The van der Waals surface area contributed by atoms with E-state index in [2.05, 4.69) is 34.9 Å². The van der Waals surface area contributed by atoms with E-state index in [4.69, 9.17) is 26.1 Å². The molecule has 0 radical (unpaired) electrons. The molecule has 1 aliphatic rings. The number of benzene rings is 2. The van der Waals surface area contributed by atoms with Gasteiger partial charge in [-0.25, -0.2) is 4.79 Å². The van der Waals surface area contributed by atoms with Crippen molar-refractivity contribution in [2.75, 3.05) is 26.1 Å². The van der Waals surface area contributed by atoms with Gasteiger partial charge in [-0.2, -0.15) is 5.10 Å². The third-order valence-electron chi connectivity index (χ3n) is 6.58. The first kappa shape index (κ1) is 25.9. The number of thioether (sulfide) groups is 1. The minimum absolute atomic E-state index is 0.224. The molecule has 0 bridgehead atoms. The zero-order valence-corrected chi connectivity index (χ0v) is 21.4. The Morgan fingerprint density at radius 3 is 2.53 bits per heavy atom. The molecule has 3 aromatic rings. The monoisotopic (exact) mass is 504 g/mol. The van der Waals surface area contributed by atoms with Gasteiger partial charge in [-0.1, -0.05) is 60.1 Å². The summed E-state index contributed by atoms with van der Waals surface area (Å²) in [6, 6.07) is 18.4. The van der Waals surface area contributed by atoms with Crippen LogP contribution in [-0.2, 0) is 16.1 Å². The summed E-state index contributed by atoms with van der Waals surface area (Å²) in [5.74, 6) is 4.13. The number of carboxylic acid groups (broad SMARTS) is 1. The van der Waals surface area contributed by atoms with Crippen molar-refractivity contribution in [3.05, 3.63) is 54.6 Å². The van der Waals surface area contributed by atoms with E-state index in [0.29, 0.717) is 24.2 Å². The average molecular weight is 505 g/mol. The molecule has 0 saturated heterocycles. The second-order valence-corrected chi connectivity index (χ2v) is 10.1. The number of rotatable bonds is 11. The number of methoxy groups -OCH3 is 1. The maximum Gasteiger partial charge on any atom is 0.329 e. The molecule has 1 saturated carbocycles. The van der Waals surface area contributed by atoms with Crippen LogP contribution in [0, 0.1) is 24.2 Å². The first-order valence-electron chi connectivity index (χ1n) is 12.3. The summed E-state index contributed by atoms with van der Waals surface area (Å²) in [5, 5.41) is 15.0. The van der Waals surface area contributed by atoms with E-state index < -0.39 is 5.97 Å². The third-order valence-corrected chi connectivity index (χ3v) is 7.58. The predicted molar refractivity (Wildman–Crippen MR) is 143 cm³/mol. The number of carboxylic acids is 1. The Kier molecular flexibility index (Phi) is 9.10. The van der Waals surface area contributed by atoms with Crippen LogP contribution < -0.4 is 4.74 Å². The molecule has 0 spiro atoms. The normalized spacial score (nSPS) is 17.4. The molecule has 4 rings (SSSR count). The highest BCUT2D eigenvalue weighted by Gasteiger charge is 2.26. The minimum atomic E-state index is -0.916. The highest BCUT2D eigenvalue weighted by Crippen LogP contribution is 2.41. The molecule has 0 unspecified atom stereocenters. The summed E-state index contributed by atoms with van der Waals surface area (Å²) in [6.07, 6.45) is 9.87. The Bertz CT molecular complexity index is 1190. The van der Waals surface area contributed by atoms with Crippen LogP contribution in [0.15, 0.2) is 59.6 Å². The van der Waals surface area contributed by atoms with Gasteiger partial charge in [0.15, 0.2) is 0 Å². The molecule has 36 heavy (non-hydrogen) atoms. The Balaban J connectivity index is 1.62. The van der Waals surface area contributed by atoms with Crippen LogP contribution in [0.4, 0.5) is 0 Å². The van der Waals surface area contributed by atoms with Gasteiger partial charge in [0.05, 0.1) is 19.5 Å². The number of aromatic nitrogens is 2. The lowest BCUT2D eigenvalue weighted by Gasteiger charge is -2.28. The van der Waals surface area contributed by atoms with Gasteiger partial charge in [-0.05, 0) is 55.2 Å². The van der Waals surface area contributed by atoms with E-state index in [1.165, 1.54) is 0 Å². The van der Waals surface area contributed by atoms with E-state index in [1.807, 2.05) is 30.3 Å². The van der Waals surface area contributed by atoms with Crippen LogP contribution in [0.3, 0.4) is 0 Å². The highest BCUT2D eigenvalue weighted by atomic mass is 32.2. The highest BCUT2D eigenvalue weighted by molar-refractivity contribution is 7.99. The number of carbonyl (C=O) groups is 1. The van der Waals surface area contributed by atoms with E-state index in [1.54, 1.807) is 18.9 Å². The number of hydrogen-bond donors (Lipinski definition) is 1. The van der Waals surface area contributed by atoms with Gasteiger partial charge >= 0.3 is 5.97 Å². The molecule has 1 fully saturated rings. The largest absolute Gasteiger partial charge is 0.497 e. The molecule has 0 aliphatic heterocycles. The molecular formula is C29H32N2O4S. The molecule has 0 amide bonds. The van der Waals surface area contributed by atoms with Crippen molar-refractivity contribution >= 4 is 17.7 Å². The first-order valence-corrected chi connectivity index (χ1v) is 13.2. The molecular weight excluding hydrogens is 472 g/mol. The summed E-state index contributed by atoms with van der Waals surface area (Å²) in [4.78, 5) is 10.7. The van der Waals surface area contributed by atoms with E-state index in [-0.39, 0.29) is 6.61 Å². The van der Waals surface area contributed by atoms with Crippen molar-refractivity contribution in [2.24, 2.45) is 11.8 Å². The maximum absolute atomic E-state index is 10.7. The Labute approximate surface area is 217 Å². The van der Waals surface area contributed by atoms with Crippen LogP contribution in [0.5, 0.6) is 5.75 Å². The summed E-state index contributed by atoms with van der Waals surface area (Å²) in [5.41, 5.74) is 4.14. The van der Waals surface area contributed by atoms with Crippen molar-refractivity contribution in [1.82, 2.24) is 9.78 Å². The van der Waals surface area contributed by atoms with Crippen molar-refractivity contribution in [2.45, 2.75) is 37.3 Å². The molecule has 188 valence electrons. The summed E-state index contributed by atoms with van der Waals surface area (Å²) < 4.78 is 13.0. The number of ether oxygens (including phenoxy) is 2. The van der Waals surface area contributed by atoms with E-state index in [9.17, 15) is 4.79 Å². The third kappa shape index (κ3) is 6.51.